The molecule has 2 aliphatic rings. The van der Waals surface area contributed by atoms with Crippen molar-refractivity contribution in [2.24, 2.45) is 0 Å². The second-order valence-corrected chi connectivity index (χ2v) is 32.1. The molecule has 21 nitrogen and oxygen atoms in total. The van der Waals surface area contributed by atoms with Gasteiger partial charge < -0.3 is 62.1 Å². The molecule has 0 saturated carbocycles. The second kappa shape index (κ2) is 42.9. The first-order chi connectivity index (χ1) is 50.3. The van der Waals surface area contributed by atoms with Crippen molar-refractivity contribution in [3.63, 3.8) is 0 Å². The van der Waals surface area contributed by atoms with Gasteiger partial charge in [-0.15, -0.1) is 11.3 Å². The van der Waals surface area contributed by atoms with E-state index in [1.54, 1.807) is 74.4 Å². The van der Waals surface area contributed by atoms with Crippen LogP contribution in [-0.4, -0.2) is 128 Å². The molecule has 6 aromatic carbocycles. The van der Waals surface area contributed by atoms with Crippen molar-refractivity contribution in [1.29, 1.82) is 0 Å². The van der Waals surface area contributed by atoms with Crippen molar-refractivity contribution in [3.05, 3.63) is 222 Å². The normalized spacial score (nSPS) is 13.6. The number of amides is 4. The molecule has 0 aliphatic carbocycles. The Kier molecular flexibility index (Phi) is 38.2. The molecule has 4 heterocycles. The number of nitro benzene ring substituents is 1. The van der Waals surface area contributed by atoms with Gasteiger partial charge in [0.1, 0.15) is 4.88 Å². The predicted octanol–water partition coefficient (Wildman–Crippen LogP) is 16.6. The van der Waals surface area contributed by atoms with Gasteiger partial charge in [0, 0.05) is 96.9 Å². The number of carbonyl (C=O) groups excluding carboxylic acids is 5. The minimum Gasteiger partial charge on any atom is -0.399 e. The zero-order valence-electron chi connectivity index (χ0n) is 65.0. The van der Waals surface area contributed by atoms with E-state index in [0.29, 0.717) is 17.0 Å². The van der Waals surface area contributed by atoms with Crippen LogP contribution in [0.2, 0.25) is 0 Å². The van der Waals surface area contributed by atoms with Crippen LogP contribution >= 0.6 is 70.7 Å². The molecule has 1 fully saturated rings. The van der Waals surface area contributed by atoms with Crippen molar-refractivity contribution in [2.45, 2.75) is 164 Å². The lowest BCUT2D eigenvalue weighted by molar-refractivity contribution is -0.385. The fraction of sp³-hybridized carbons (Fsp3) is 0.325. The van der Waals surface area contributed by atoms with Gasteiger partial charge in [0.2, 0.25) is 23.0 Å². The first kappa shape index (κ1) is 97.0. The van der Waals surface area contributed by atoms with Gasteiger partial charge in [0.05, 0.1) is 55.4 Å². The maximum Gasteiger partial charge on any atom is 0.494 e. The van der Waals surface area contributed by atoms with Crippen LogP contribution < -0.4 is 37.8 Å². The van der Waals surface area contributed by atoms with Crippen LogP contribution in [0.5, 0.6) is 0 Å². The number of nitrogens with one attached hydrogen (secondary N) is 5. The Morgan fingerprint density at radius 2 is 1.06 bits per heavy atom. The number of anilines is 5. The number of carbonyl (C=O) groups is 5. The van der Waals surface area contributed by atoms with Crippen molar-refractivity contribution in [3.8, 4) is 11.3 Å². The maximum absolute atomic E-state index is 12.6. The maximum atomic E-state index is 12.6. The predicted molar refractivity (Wildman–Crippen MR) is 462 cm³/mol. The summed E-state index contributed by atoms with van der Waals surface area (Å²) in [6.45, 7) is 46.3. The van der Waals surface area contributed by atoms with Crippen LogP contribution in [0.15, 0.2) is 179 Å². The van der Waals surface area contributed by atoms with E-state index in [2.05, 4.69) is 122 Å². The number of hydrogen-bond donors (Lipinski definition) is 10. The van der Waals surface area contributed by atoms with Gasteiger partial charge in [-0.05, 0) is 255 Å². The molecule has 109 heavy (non-hydrogen) atoms. The summed E-state index contributed by atoms with van der Waals surface area (Å²) in [5.74, 6) is -0.710. The van der Waals surface area contributed by atoms with Gasteiger partial charge in [-0.3, -0.25) is 34.1 Å². The lowest BCUT2D eigenvalue weighted by Crippen LogP contribution is -2.44. The van der Waals surface area contributed by atoms with Crippen molar-refractivity contribution in [1.82, 2.24) is 10.3 Å². The Labute approximate surface area is 677 Å². The van der Waals surface area contributed by atoms with E-state index in [0.717, 1.165) is 108 Å². The molecular weight excluding hydrogens is 1620 g/mol. The number of aliphatic hydroxyl groups is 4. The second-order valence-electron chi connectivity index (χ2n) is 27.9. The molecule has 4 amide bonds. The summed E-state index contributed by atoms with van der Waals surface area (Å²) in [5.41, 5.74) is 13.2. The zero-order valence-corrected chi connectivity index (χ0v) is 71.3. The Morgan fingerprint density at radius 3 is 1.48 bits per heavy atom. The number of aromatic nitrogens is 1. The number of nitrogens with two attached hydrogens (primary N) is 1. The van der Waals surface area contributed by atoms with E-state index in [1.807, 2.05) is 153 Å². The van der Waals surface area contributed by atoms with Crippen LogP contribution in [0.4, 0.5) is 34.1 Å². The smallest absolute Gasteiger partial charge is 0.399 e. The topological polar surface area (TPSA) is 327 Å². The molecule has 580 valence electrons. The summed E-state index contributed by atoms with van der Waals surface area (Å²) in [6, 6.07) is 36.4. The molecule has 1 atom stereocenters. The third-order valence-electron chi connectivity index (χ3n) is 17.3. The third-order valence-corrected chi connectivity index (χ3v) is 20.1. The first-order valence-electron chi connectivity index (χ1n) is 33.8. The Balaban J connectivity index is 0.000000455. The van der Waals surface area contributed by atoms with E-state index in [4.69, 9.17) is 52.1 Å². The summed E-state index contributed by atoms with van der Waals surface area (Å²) in [4.78, 5) is 71.9. The SMILES string of the molecule is C=CC(=O)Cl.C=CC(=O)Nc1cc(-c2ccc3c(ccc4sc5c(c43)NC[C@@H](C)NC5=O)n2)ccc1C.C=CC(=O)Nc1cc(B2OC(C)(C)C(C)(C)O2)ccc1C.C=CC(=O)Nc1cc(Br)ccc1C.CC(C)(O)C(C)(C)O.CC(C)(O)C(C)(C)O.Cc1ccc(Br)cc1N.Cc1ccc(Br)cc1[N+](=O)[O-].[B][B]. The summed E-state index contributed by atoms with van der Waals surface area (Å²) < 4.78 is 15.8. The molecule has 2 aliphatic heterocycles. The number of pyridine rings is 1. The van der Waals surface area contributed by atoms with Crippen LogP contribution in [0, 0.1) is 44.7 Å². The first-order valence-corrected chi connectivity index (χ1v) is 37.4. The number of hydrogen-bond acceptors (Lipinski definition) is 17. The van der Waals surface area contributed by atoms with Gasteiger partial charge in [0.25, 0.3) is 11.6 Å². The quantitative estimate of drug-likeness (QED) is 0.0136. The highest BCUT2D eigenvalue weighted by molar-refractivity contribution is 9.11. The van der Waals surface area contributed by atoms with Gasteiger partial charge in [-0.1, -0.05) is 117 Å². The molecule has 1 saturated heterocycles. The molecule has 10 rings (SSSR count). The molecule has 29 heteroatoms. The fourth-order valence-corrected chi connectivity index (χ4v) is 10.6. The number of fused-ring (bicyclic) bond motifs is 5. The monoisotopic (exact) mass is 1720 g/mol. The summed E-state index contributed by atoms with van der Waals surface area (Å²) in [5, 5.41) is 63.1. The standard InChI is InChI=1S/C25H22N4O2S.C16H22BNO3.C10H10BrNO.C7H6BrNO2.C7H8BrN.2C6H14O2.C3H3ClO.B2/c1-4-21(30)29-19-11-15(6-5-13(19)2)17-8-7-16-18(28-17)9-10-20-22(16)23-24(32-20)25(31)27-14(3)12-26-23;1-7-14(19)18-13-10-12(9-8-11(13)2)17-20-15(3,4)16(5,6)21-17;1-3-10(13)12-9-6-8(11)5-4-7(9)2;1-5-2-3-6(8)4-7(5)9(10)11;1-5-2-3-6(8)4-7(5)9;2*1-5(2,7)6(3,4)8;1-2-3(4)5;1-2/h4-11,14,26H,1,12H2,2-3H3,(H,27,31)(H,29,30);7-10H,1H2,2-6H3,(H,18,19);3-6H,1H2,2H3,(H,12,13);2-4H,1H3;2-4H,9H2,1H3;2*7-8H,1-4H3;2H,1H2;/t14-;;;;;;;;/m1......../s1. The van der Waals surface area contributed by atoms with Crippen molar-refractivity contribution >= 4 is 183 Å². The minimum absolute atomic E-state index is 0.0369. The highest BCUT2D eigenvalue weighted by Gasteiger charge is 2.52. The molecule has 2 aromatic heterocycles. The third kappa shape index (κ3) is 30.6. The molecule has 0 unspecified atom stereocenters. The summed E-state index contributed by atoms with van der Waals surface area (Å²) >= 11 is 16.0. The van der Waals surface area contributed by atoms with Gasteiger partial charge in [0.15, 0.2) is 0 Å². The van der Waals surface area contributed by atoms with E-state index < -0.39 is 34.8 Å². The van der Waals surface area contributed by atoms with Crippen LogP contribution in [-0.2, 0) is 28.5 Å². The number of aryl methyl sites for hydroxylation is 5. The number of allylic oxidation sites excluding steroid dienone is 1. The van der Waals surface area contributed by atoms with E-state index in [1.165, 1.54) is 35.6 Å². The van der Waals surface area contributed by atoms with Crippen molar-refractivity contribution < 1.29 is 58.6 Å². The number of nitrogen functional groups attached to an aromatic ring is 1. The van der Waals surface area contributed by atoms with Gasteiger partial charge in [-0.2, -0.15) is 0 Å². The van der Waals surface area contributed by atoms with E-state index >= 15 is 0 Å². The number of nitrogens with zero attached hydrogens (tertiary/aromatic N) is 2. The van der Waals surface area contributed by atoms with Crippen LogP contribution in [0.1, 0.15) is 127 Å². The molecule has 4 radical (unpaired) electrons. The lowest BCUT2D eigenvalue weighted by Gasteiger charge is -2.32. The number of thiophene rings is 1. The number of benzene rings is 6. The Bertz CT molecular complexity index is 4490. The number of rotatable bonds is 12. The summed E-state index contributed by atoms with van der Waals surface area (Å²) in [7, 11) is 7.56. The highest BCUT2D eigenvalue weighted by Crippen LogP contribution is 2.42. The Morgan fingerprint density at radius 1 is 0.642 bits per heavy atom. The fourth-order valence-electron chi connectivity index (χ4n) is 8.37. The van der Waals surface area contributed by atoms with Crippen LogP contribution in [0.3, 0.4) is 0 Å². The molecular formula is C80H99B3Br3ClN8O13S. The average molecular weight is 1720 g/mol. The molecule has 11 N–H and O–H groups in total. The zero-order chi connectivity index (χ0) is 83.7. The summed E-state index contributed by atoms with van der Waals surface area (Å²) in [6.07, 6.45) is 4.80. The van der Waals surface area contributed by atoms with Crippen LogP contribution in [0.25, 0.3) is 32.2 Å². The minimum atomic E-state index is -1.01. The van der Waals surface area contributed by atoms with Crippen molar-refractivity contribution in [2.75, 3.05) is 33.5 Å². The average Bonchev–Trinajstić information content (AvgIpc) is 1.63. The Hall–Kier alpha value is -8.12. The van der Waals surface area contributed by atoms with E-state index in [-0.39, 0.29) is 51.5 Å². The van der Waals surface area contributed by atoms with Gasteiger partial charge in [-0.25, -0.2) is 4.98 Å². The number of halogens is 4. The number of nitro groups is 1. The molecule has 0 spiro atoms. The molecule has 8 aromatic rings. The largest absolute Gasteiger partial charge is 0.494 e. The highest BCUT2D eigenvalue weighted by atomic mass is 79.9. The lowest BCUT2D eigenvalue weighted by atomic mass is 9.78. The molecule has 0 bridgehead atoms. The van der Waals surface area contributed by atoms with E-state index in [9.17, 15) is 34.1 Å². The van der Waals surface area contributed by atoms with Gasteiger partial charge >= 0.3 is 7.12 Å².